The molecule has 1 aliphatic heterocycles. The molecule has 1 atom stereocenters. The van der Waals surface area contributed by atoms with Gasteiger partial charge in [-0.1, -0.05) is 12.1 Å². The van der Waals surface area contributed by atoms with E-state index in [1.54, 1.807) is 14.0 Å². The highest BCUT2D eigenvalue weighted by atomic mass is 16.5. The maximum Gasteiger partial charge on any atom is 0.219 e. The lowest BCUT2D eigenvalue weighted by molar-refractivity contribution is -0.130. The normalized spacial score (nSPS) is 18.2. The molecule has 1 unspecified atom stereocenters. The topological polar surface area (TPSA) is 49.8 Å². The van der Waals surface area contributed by atoms with E-state index in [0.717, 1.165) is 37.2 Å². The van der Waals surface area contributed by atoms with Crippen LogP contribution in [0.2, 0.25) is 0 Å². The highest BCUT2D eigenvalue weighted by molar-refractivity contribution is 5.73. The van der Waals surface area contributed by atoms with Crippen molar-refractivity contribution in [1.29, 1.82) is 0 Å². The van der Waals surface area contributed by atoms with E-state index in [9.17, 15) is 9.90 Å². The number of piperidine rings is 1. The minimum absolute atomic E-state index is 0.120. The van der Waals surface area contributed by atoms with Crippen molar-refractivity contribution in [3.05, 3.63) is 29.8 Å². The Morgan fingerprint density at radius 2 is 2.11 bits per heavy atom. The number of methoxy groups -OCH3 is 1. The zero-order valence-electron chi connectivity index (χ0n) is 11.5. The average Bonchev–Trinajstić information content (AvgIpc) is 2.46. The molecule has 1 aromatic rings. The van der Waals surface area contributed by atoms with Crippen LogP contribution < -0.4 is 4.74 Å². The first-order valence-corrected chi connectivity index (χ1v) is 6.69. The summed E-state index contributed by atoms with van der Waals surface area (Å²) in [5.74, 6) is 1.09. The number of carbonyl (C=O) groups is 1. The van der Waals surface area contributed by atoms with E-state index < -0.39 is 6.10 Å². The molecule has 0 aliphatic carbocycles. The van der Waals surface area contributed by atoms with Gasteiger partial charge in [-0.2, -0.15) is 0 Å². The summed E-state index contributed by atoms with van der Waals surface area (Å²) in [4.78, 5) is 13.1. The quantitative estimate of drug-likeness (QED) is 0.907. The zero-order valence-corrected chi connectivity index (χ0v) is 11.5. The molecule has 1 amide bonds. The molecule has 2 rings (SSSR count). The number of likely N-dealkylation sites (tertiary alicyclic amines) is 1. The number of rotatable bonds is 3. The van der Waals surface area contributed by atoms with Crippen molar-refractivity contribution in [3.63, 3.8) is 0 Å². The predicted molar refractivity (Wildman–Crippen MR) is 72.9 cm³/mol. The average molecular weight is 263 g/mol. The molecule has 0 spiro atoms. The van der Waals surface area contributed by atoms with Crippen LogP contribution in [-0.4, -0.2) is 36.1 Å². The largest absolute Gasteiger partial charge is 0.497 e. The number of carbonyl (C=O) groups excluding carboxylic acids is 1. The molecule has 4 heteroatoms. The first kappa shape index (κ1) is 13.9. The summed E-state index contributed by atoms with van der Waals surface area (Å²) < 4.78 is 5.18. The molecule has 19 heavy (non-hydrogen) atoms. The molecule has 1 heterocycles. The van der Waals surface area contributed by atoms with Crippen molar-refractivity contribution in [2.45, 2.75) is 25.9 Å². The van der Waals surface area contributed by atoms with Crippen molar-refractivity contribution in [1.82, 2.24) is 4.90 Å². The number of hydrogen-bond donors (Lipinski definition) is 1. The summed E-state index contributed by atoms with van der Waals surface area (Å²) in [5, 5.41) is 10.4. The molecular formula is C15H21NO3. The Labute approximate surface area is 114 Å². The Kier molecular flexibility index (Phi) is 4.43. The summed E-state index contributed by atoms with van der Waals surface area (Å²) in [7, 11) is 1.62. The molecule has 1 fully saturated rings. The first-order chi connectivity index (χ1) is 9.11. The third-order valence-corrected chi connectivity index (χ3v) is 3.87. The van der Waals surface area contributed by atoms with Crippen LogP contribution in [0.25, 0.3) is 0 Å². The van der Waals surface area contributed by atoms with Crippen molar-refractivity contribution in [2.24, 2.45) is 5.92 Å². The highest BCUT2D eigenvalue weighted by Gasteiger charge is 2.27. The van der Waals surface area contributed by atoms with Crippen LogP contribution in [0.15, 0.2) is 24.3 Å². The van der Waals surface area contributed by atoms with E-state index in [4.69, 9.17) is 4.74 Å². The van der Waals surface area contributed by atoms with Crippen molar-refractivity contribution < 1.29 is 14.6 Å². The maximum absolute atomic E-state index is 11.3. The third-order valence-electron chi connectivity index (χ3n) is 3.87. The number of aliphatic hydroxyl groups is 1. The van der Waals surface area contributed by atoms with Gasteiger partial charge < -0.3 is 14.7 Å². The van der Waals surface area contributed by atoms with E-state index in [2.05, 4.69) is 0 Å². The van der Waals surface area contributed by atoms with Crippen molar-refractivity contribution in [3.8, 4) is 5.75 Å². The molecule has 0 saturated carbocycles. The number of hydrogen-bond acceptors (Lipinski definition) is 3. The minimum atomic E-state index is -0.482. The van der Waals surface area contributed by atoms with Crippen molar-refractivity contribution in [2.75, 3.05) is 20.2 Å². The summed E-state index contributed by atoms with van der Waals surface area (Å²) in [6.07, 6.45) is 1.21. The van der Waals surface area contributed by atoms with Crippen LogP contribution in [0.5, 0.6) is 5.75 Å². The molecular weight excluding hydrogens is 242 g/mol. The van der Waals surface area contributed by atoms with Gasteiger partial charge in [-0.05, 0) is 36.5 Å². The van der Waals surface area contributed by atoms with Gasteiger partial charge in [0.05, 0.1) is 13.2 Å². The van der Waals surface area contributed by atoms with E-state index >= 15 is 0 Å². The minimum Gasteiger partial charge on any atom is -0.497 e. The Bertz CT molecular complexity index is 439. The number of benzene rings is 1. The Hall–Kier alpha value is -1.55. The molecule has 1 saturated heterocycles. The van der Waals surface area contributed by atoms with Gasteiger partial charge in [-0.25, -0.2) is 0 Å². The van der Waals surface area contributed by atoms with Gasteiger partial charge in [0.1, 0.15) is 5.75 Å². The van der Waals surface area contributed by atoms with Crippen LogP contribution in [0.1, 0.15) is 31.4 Å². The van der Waals surface area contributed by atoms with E-state index in [-0.39, 0.29) is 11.8 Å². The van der Waals surface area contributed by atoms with Gasteiger partial charge >= 0.3 is 0 Å². The summed E-state index contributed by atoms with van der Waals surface area (Å²) in [6.45, 7) is 3.07. The van der Waals surface area contributed by atoms with Gasteiger partial charge in [0.25, 0.3) is 0 Å². The Morgan fingerprint density at radius 1 is 1.42 bits per heavy atom. The second kappa shape index (κ2) is 6.06. The first-order valence-electron chi connectivity index (χ1n) is 6.69. The van der Waals surface area contributed by atoms with Crippen LogP contribution >= 0.6 is 0 Å². The summed E-state index contributed by atoms with van der Waals surface area (Å²) in [5.41, 5.74) is 0.889. The fraction of sp³-hybridized carbons (Fsp3) is 0.533. The monoisotopic (exact) mass is 263 g/mol. The fourth-order valence-electron chi connectivity index (χ4n) is 2.63. The molecule has 104 valence electrons. The summed E-state index contributed by atoms with van der Waals surface area (Å²) in [6, 6.07) is 7.56. The Balaban J connectivity index is 2.00. The number of amides is 1. The highest BCUT2D eigenvalue weighted by Crippen LogP contribution is 2.32. The standard InChI is InChI=1S/C15H21NO3/c1-11(17)16-8-6-12(7-9-16)15(18)13-4-3-5-14(10-13)19-2/h3-5,10,12,15,18H,6-9H2,1-2H3. The summed E-state index contributed by atoms with van der Waals surface area (Å²) >= 11 is 0. The molecule has 0 radical (unpaired) electrons. The number of ether oxygens (including phenoxy) is 1. The smallest absolute Gasteiger partial charge is 0.219 e. The number of nitrogens with zero attached hydrogens (tertiary/aromatic N) is 1. The predicted octanol–water partition coefficient (Wildman–Crippen LogP) is 1.99. The molecule has 0 bridgehead atoms. The van der Waals surface area contributed by atoms with Gasteiger partial charge in [0.2, 0.25) is 5.91 Å². The lowest BCUT2D eigenvalue weighted by Crippen LogP contribution is -2.38. The molecule has 1 aliphatic rings. The van der Waals surface area contributed by atoms with E-state index in [0.29, 0.717) is 0 Å². The van der Waals surface area contributed by atoms with Gasteiger partial charge in [-0.3, -0.25) is 4.79 Å². The lowest BCUT2D eigenvalue weighted by atomic mass is 9.87. The SMILES string of the molecule is COc1cccc(C(O)C2CCN(C(C)=O)CC2)c1. The van der Waals surface area contributed by atoms with Crippen molar-refractivity contribution >= 4 is 5.91 Å². The Morgan fingerprint density at radius 3 is 2.68 bits per heavy atom. The van der Waals surface area contributed by atoms with Gasteiger partial charge in [0, 0.05) is 20.0 Å². The lowest BCUT2D eigenvalue weighted by Gasteiger charge is -2.33. The van der Waals surface area contributed by atoms with Crippen LogP contribution in [0.4, 0.5) is 0 Å². The van der Waals surface area contributed by atoms with E-state index in [1.807, 2.05) is 29.2 Å². The van der Waals surface area contributed by atoms with Crippen LogP contribution in [0, 0.1) is 5.92 Å². The maximum atomic E-state index is 11.3. The zero-order chi connectivity index (χ0) is 13.8. The van der Waals surface area contributed by atoms with Gasteiger partial charge in [0.15, 0.2) is 0 Å². The second-order valence-electron chi connectivity index (χ2n) is 5.06. The fourth-order valence-corrected chi connectivity index (χ4v) is 2.63. The molecule has 0 aromatic heterocycles. The second-order valence-corrected chi connectivity index (χ2v) is 5.06. The molecule has 4 nitrogen and oxygen atoms in total. The molecule has 1 N–H and O–H groups in total. The number of aliphatic hydroxyl groups excluding tert-OH is 1. The molecule has 1 aromatic carbocycles. The third kappa shape index (κ3) is 3.26. The van der Waals surface area contributed by atoms with Crippen LogP contribution in [-0.2, 0) is 4.79 Å². The van der Waals surface area contributed by atoms with Crippen LogP contribution in [0.3, 0.4) is 0 Å². The van der Waals surface area contributed by atoms with Gasteiger partial charge in [-0.15, -0.1) is 0 Å². The van der Waals surface area contributed by atoms with E-state index in [1.165, 1.54) is 0 Å².